The Bertz CT molecular complexity index is 462. The van der Waals surface area contributed by atoms with Crippen LogP contribution in [0.1, 0.15) is 51.5 Å². The highest BCUT2D eigenvalue weighted by molar-refractivity contribution is 7.09. The van der Waals surface area contributed by atoms with Crippen LogP contribution in [0.5, 0.6) is 0 Å². The van der Waals surface area contributed by atoms with E-state index in [2.05, 4.69) is 18.8 Å². The van der Waals surface area contributed by atoms with Crippen LogP contribution >= 0.6 is 11.3 Å². The average Bonchev–Trinajstić information content (AvgIpc) is 2.97. The molecule has 1 fully saturated rings. The Morgan fingerprint density at radius 2 is 2.35 bits per heavy atom. The number of carbonyl (C=O) groups is 1. The zero-order chi connectivity index (χ0) is 14.8. The molecule has 0 spiro atoms. The van der Waals surface area contributed by atoms with Crippen molar-refractivity contribution < 1.29 is 14.6 Å². The van der Waals surface area contributed by atoms with E-state index in [1.54, 1.807) is 6.20 Å². The number of rotatable bonds is 4. The van der Waals surface area contributed by atoms with E-state index in [9.17, 15) is 9.90 Å². The normalized spacial score (nSPS) is 33.9. The molecule has 0 amide bonds. The second kappa shape index (κ2) is 5.82. The SMILES string of the molecule is CCOC(=O)C1CCC(O)(c2nccs2)C(C)(CC)C1. The van der Waals surface area contributed by atoms with E-state index in [1.165, 1.54) is 11.3 Å². The van der Waals surface area contributed by atoms with Crippen LogP contribution in [0.3, 0.4) is 0 Å². The van der Waals surface area contributed by atoms with Crippen molar-refractivity contribution in [1.29, 1.82) is 0 Å². The van der Waals surface area contributed by atoms with Gasteiger partial charge in [-0.05, 0) is 32.6 Å². The number of esters is 1. The summed E-state index contributed by atoms with van der Waals surface area (Å²) < 4.78 is 5.14. The molecule has 1 aromatic heterocycles. The third kappa shape index (κ3) is 2.49. The minimum atomic E-state index is -0.932. The highest BCUT2D eigenvalue weighted by atomic mass is 32.1. The average molecular weight is 297 g/mol. The van der Waals surface area contributed by atoms with Crippen LogP contribution in [-0.2, 0) is 15.1 Å². The standard InChI is InChI=1S/C15H23NO3S/c1-4-14(3)10-11(12(17)19-5-2)6-7-15(14,18)13-16-8-9-20-13/h8-9,11,18H,4-7,10H2,1-3H3. The Morgan fingerprint density at radius 1 is 1.60 bits per heavy atom. The Morgan fingerprint density at radius 3 is 2.90 bits per heavy atom. The quantitative estimate of drug-likeness (QED) is 0.868. The number of aromatic nitrogens is 1. The van der Waals surface area contributed by atoms with Crippen LogP contribution in [0.2, 0.25) is 0 Å². The summed E-state index contributed by atoms with van der Waals surface area (Å²) in [6.45, 7) is 6.35. The van der Waals surface area contributed by atoms with Crippen molar-refractivity contribution in [3.63, 3.8) is 0 Å². The fourth-order valence-electron chi connectivity index (χ4n) is 3.19. The first-order chi connectivity index (χ1) is 9.47. The predicted molar refractivity (Wildman–Crippen MR) is 78.4 cm³/mol. The molecular weight excluding hydrogens is 274 g/mol. The van der Waals surface area contributed by atoms with Crippen molar-refractivity contribution in [1.82, 2.24) is 4.98 Å². The maximum Gasteiger partial charge on any atom is 0.308 e. The van der Waals surface area contributed by atoms with Crippen LogP contribution in [0.4, 0.5) is 0 Å². The van der Waals surface area contributed by atoms with E-state index in [0.29, 0.717) is 25.9 Å². The second-order valence-corrected chi connectivity index (χ2v) is 6.70. The molecule has 5 heteroatoms. The van der Waals surface area contributed by atoms with Crippen molar-refractivity contribution in [3.8, 4) is 0 Å². The number of carbonyl (C=O) groups excluding carboxylic acids is 1. The molecule has 1 saturated carbocycles. The van der Waals surface area contributed by atoms with E-state index in [0.717, 1.165) is 11.4 Å². The molecule has 2 rings (SSSR count). The van der Waals surface area contributed by atoms with Crippen LogP contribution < -0.4 is 0 Å². The molecular formula is C15H23NO3S. The van der Waals surface area contributed by atoms with Crippen LogP contribution in [-0.4, -0.2) is 22.7 Å². The topological polar surface area (TPSA) is 59.4 Å². The summed E-state index contributed by atoms with van der Waals surface area (Å²) in [5.74, 6) is -0.242. The molecule has 4 nitrogen and oxygen atoms in total. The van der Waals surface area contributed by atoms with Gasteiger partial charge in [0.05, 0.1) is 12.5 Å². The van der Waals surface area contributed by atoms with Gasteiger partial charge in [-0.3, -0.25) is 4.79 Å². The highest BCUT2D eigenvalue weighted by Gasteiger charge is 2.53. The summed E-state index contributed by atoms with van der Waals surface area (Å²) in [5, 5.41) is 13.8. The van der Waals surface area contributed by atoms with Crippen molar-refractivity contribution in [2.24, 2.45) is 11.3 Å². The molecule has 0 saturated heterocycles. The molecule has 1 aromatic rings. The first kappa shape index (κ1) is 15.4. The van der Waals surface area contributed by atoms with Crippen molar-refractivity contribution in [2.75, 3.05) is 6.61 Å². The van der Waals surface area contributed by atoms with Gasteiger partial charge >= 0.3 is 5.97 Å². The Labute approximate surface area is 124 Å². The van der Waals surface area contributed by atoms with Crippen LogP contribution in [0, 0.1) is 11.3 Å². The lowest BCUT2D eigenvalue weighted by molar-refractivity contribution is -0.164. The molecule has 112 valence electrons. The molecule has 1 heterocycles. The molecule has 3 atom stereocenters. The van der Waals surface area contributed by atoms with Gasteiger partial charge in [0, 0.05) is 17.0 Å². The predicted octanol–water partition coefficient (Wildman–Crippen LogP) is 3.11. The summed E-state index contributed by atoms with van der Waals surface area (Å²) in [6, 6.07) is 0. The number of thiazole rings is 1. The number of ether oxygens (including phenoxy) is 1. The van der Waals surface area contributed by atoms with Gasteiger partial charge in [0.2, 0.25) is 0 Å². The van der Waals surface area contributed by atoms with Crippen LogP contribution in [0.15, 0.2) is 11.6 Å². The third-order valence-electron chi connectivity index (χ3n) is 4.74. The van der Waals surface area contributed by atoms with Gasteiger partial charge in [0.1, 0.15) is 10.6 Å². The zero-order valence-electron chi connectivity index (χ0n) is 12.4. The van der Waals surface area contributed by atoms with E-state index in [1.807, 2.05) is 12.3 Å². The molecule has 0 radical (unpaired) electrons. The summed E-state index contributed by atoms with van der Waals surface area (Å²) in [4.78, 5) is 16.3. The van der Waals surface area contributed by atoms with Gasteiger partial charge in [0.25, 0.3) is 0 Å². The molecule has 1 aliphatic rings. The fourth-order valence-corrected chi connectivity index (χ4v) is 4.11. The van der Waals surface area contributed by atoms with Crippen molar-refractivity contribution >= 4 is 17.3 Å². The van der Waals surface area contributed by atoms with Gasteiger partial charge in [-0.15, -0.1) is 11.3 Å². The van der Waals surface area contributed by atoms with Gasteiger partial charge in [-0.1, -0.05) is 13.8 Å². The lowest BCUT2D eigenvalue weighted by Gasteiger charge is -2.49. The number of aliphatic hydroxyl groups is 1. The number of nitrogens with zero attached hydrogens (tertiary/aromatic N) is 1. The Balaban J connectivity index is 2.25. The second-order valence-electron chi connectivity index (χ2n) is 5.80. The smallest absolute Gasteiger partial charge is 0.308 e. The third-order valence-corrected chi connectivity index (χ3v) is 5.66. The van der Waals surface area contributed by atoms with Crippen molar-refractivity contribution in [3.05, 3.63) is 16.6 Å². The van der Waals surface area contributed by atoms with E-state index in [4.69, 9.17) is 4.74 Å². The summed E-state index contributed by atoms with van der Waals surface area (Å²) >= 11 is 1.49. The minimum Gasteiger partial charge on any atom is -0.466 e. The highest BCUT2D eigenvalue weighted by Crippen LogP contribution is 2.54. The largest absolute Gasteiger partial charge is 0.466 e. The number of hydrogen-bond acceptors (Lipinski definition) is 5. The lowest BCUT2D eigenvalue weighted by atomic mass is 9.60. The first-order valence-corrected chi connectivity index (χ1v) is 8.14. The van der Waals surface area contributed by atoms with Crippen molar-refractivity contribution in [2.45, 2.75) is 52.1 Å². The van der Waals surface area contributed by atoms with E-state index < -0.39 is 5.60 Å². The van der Waals surface area contributed by atoms with Gasteiger partial charge in [-0.2, -0.15) is 0 Å². The Kier molecular flexibility index (Phi) is 4.49. The molecule has 1 aliphatic carbocycles. The minimum absolute atomic E-state index is 0.111. The molecule has 0 aromatic carbocycles. The number of hydrogen-bond donors (Lipinski definition) is 1. The maximum atomic E-state index is 12.0. The first-order valence-electron chi connectivity index (χ1n) is 7.26. The van der Waals surface area contributed by atoms with Gasteiger partial charge in [0.15, 0.2) is 0 Å². The lowest BCUT2D eigenvalue weighted by Crippen LogP contribution is -2.49. The zero-order valence-corrected chi connectivity index (χ0v) is 13.2. The van der Waals surface area contributed by atoms with Gasteiger partial charge in [-0.25, -0.2) is 4.98 Å². The molecule has 0 bridgehead atoms. The molecule has 1 N–H and O–H groups in total. The van der Waals surface area contributed by atoms with Gasteiger partial charge < -0.3 is 9.84 Å². The fraction of sp³-hybridized carbons (Fsp3) is 0.733. The molecule has 3 unspecified atom stereocenters. The monoisotopic (exact) mass is 297 g/mol. The van der Waals surface area contributed by atoms with Crippen LogP contribution in [0.25, 0.3) is 0 Å². The summed E-state index contributed by atoms with van der Waals surface area (Å²) in [5.41, 5.74) is -1.28. The summed E-state index contributed by atoms with van der Waals surface area (Å²) in [6.07, 6.45) is 4.40. The van der Waals surface area contributed by atoms with E-state index >= 15 is 0 Å². The molecule has 20 heavy (non-hydrogen) atoms. The molecule has 0 aliphatic heterocycles. The summed E-state index contributed by atoms with van der Waals surface area (Å²) in [7, 11) is 0. The maximum absolute atomic E-state index is 12.0. The Hall–Kier alpha value is -0.940. The van der Waals surface area contributed by atoms with E-state index in [-0.39, 0.29) is 17.3 Å².